The first-order valence-corrected chi connectivity index (χ1v) is 10.8. The summed E-state index contributed by atoms with van der Waals surface area (Å²) in [5.74, 6) is 0.652. The van der Waals surface area contributed by atoms with Gasteiger partial charge in [0.15, 0.2) is 0 Å². The molecule has 3 aromatic rings. The second-order valence-electron chi connectivity index (χ2n) is 6.45. The van der Waals surface area contributed by atoms with E-state index in [1.54, 1.807) is 18.3 Å². The molecule has 0 aliphatic rings. The second-order valence-corrected chi connectivity index (χ2v) is 8.66. The Kier molecular flexibility index (Phi) is 6.68. The average molecular weight is 433 g/mol. The van der Waals surface area contributed by atoms with Gasteiger partial charge in [0.1, 0.15) is 5.82 Å². The number of hydrogen-bond acceptors (Lipinski definition) is 4. The van der Waals surface area contributed by atoms with Gasteiger partial charge >= 0.3 is 0 Å². The number of nitrogens with zero attached hydrogens (tertiary/aromatic N) is 2. The first-order chi connectivity index (χ1) is 13.8. The van der Waals surface area contributed by atoms with Gasteiger partial charge < -0.3 is 9.88 Å². The van der Waals surface area contributed by atoms with Crippen LogP contribution in [0.2, 0.25) is 5.02 Å². The molecule has 0 atom stereocenters. The number of carbonyl (C=O) groups is 1. The number of anilines is 1. The molecule has 152 valence electrons. The molecule has 29 heavy (non-hydrogen) atoms. The zero-order chi connectivity index (χ0) is 20.9. The van der Waals surface area contributed by atoms with E-state index in [4.69, 9.17) is 11.6 Å². The van der Waals surface area contributed by atoms with Gasteiger partial charge in [0.2, 0.25) is 15.9 Å². The van der Waals surface area contributed by atoms with Crippen LogP contribution in [0.25, 0.3) is 0 Å². The van der Waals surface area contributed by atoms with Gasteiger partial charge in [0, 0.05) is 42.6 Å². The lowest BCUT2D eigenvalue weighted by Crippen LogP contribution is -2.27. The highest BCUT2D eigenvalue weighted by Gasteiger charge is 2.14. The van der Waals surface area contributed by atoms with Gasteiger partial charge in [-0.2, -0.15) is 0 Å². The van der Waals surface area contributed by atoms with Crippen LogP contribution in [0.3, 0.4) is 0 Å². The van der Waals surface area contributed by atoms with Crippen molar-refractivity contribution < 1.29 is 13.2 Å². The summed E-state index contributed by atoms with van der Waals surface area (Å²) in [5, 5.41) is 3.09. The van der Waals surface area contributed by atoms with Crippen LogP contribution in [-0.2, 0) is 21.4 Å². The quantitative estimate of drug-likeness (QED) is 0.571. The van der Waals surface area contributed by atoms with Crippen molar-refractivity contribution in [3.05, 3.63) is 77.3 Å². The standard InChI is InChI=1S/C20H21ClN4O3S/c1-15-22-11-12-25(15)14-16-5-7-18(8-6-16)24-20(26)9-10-23-29(27,28)19-4-2-3-17(21)13-19/h2-8,11-13,23H,9-10,14H2,1H3,(H,24,26). The number of aryl methyl sites for hydroxylation is 1. The maximum absolute atomic E-state index is 12.2. The Morgan fingerprint density at radius 2 is 1.93 bits per heavy atom. The second kappa shape index (κ2) is 9.21. The topological polar surface area (TPSA) is 93.1 Å². The van der Waals surface area contributed by atoms with Crippen molar-refractivity contribution >= 4 is 33.2 Å². The normalized spacial score (nSPS) is 11.4. The van der Waals surface area contributed by atoms with E-state index < -0.39 is 10.0 Å². The molecule has 0 aliphatic carbocycles. The summed E-state index contributed by atoms with van der Waals surface area (Å²) in [6.07, 6.45) is 3.68. The largest absolute Gasteiger partial charge is 0.331 e. The van der Waals surface area contributed by atoms with Crippen LogP contribution in [-0.4, -0.2) is 30.4 Å². The van der Waals surface area contributed by atoms with Gasteiger partial charge in [0.25, 0.3) is 0 Å². The van der Waals surface area contributed by atoms with Crippen LogP contribution in [0.1, 0.15) is 17.8 Å². The smallest absolute Gasteiger partial charge is 0.240 e. The summed E-state index contributed by atoms with van der Waals surface area (Å²) < 4.78 is 28.8. The number of hydrogen-bond donors (Lipinski definition) is 2. The fourth-order valence-electron chi connectivity index (χ4n) is 2.70. The van der Waals surface area contributed by atoms with Crippen molar-refractivity contribution in [2.45, 2.75) is 24.8 Å². The number of halogens is 1. The molecular weight excluding hydrogens is 412 g/mol. The van der Waals surface area contributed by atoms with E-state index in [-0.39, 0.29) is 23.8 Å². The average Bonchev–Trinajstić information content (AvgIpc) is 3.08. The third-order valence-corrected chi connectivity index (χ3v) is 5.96. The number of nitrogens with one attached hydrogen (secondary N) is 2. The number of imidazole rings is 1. The van der Waals surface area contributed by atoms with Crippen molar-refractivity contribution in [1.82, 2.24) is 14.3 Å². The van der Waals surface area contributed by atoms with Gasteiger partial charge in [-0.05, 0) is 42.8 Å². The summed E-state index contributed by atoms with van der Waals surface area (Å²) in [5.41, 5.74) is 1.73. The molecular formula is C20H21ClN4O3S. The molecule has 0 spiro atoms. The Morgan fingerprint density at radius 1 is 1.17 bits per heavy atom. The van der Waals surface area contributed by atoms with E-state index in [1.165, 1.54) is 12.1 Å². The molecule has 0 unspecified atom stereocenters. The summed E-state index contributed by atoms with van der Waals surface area (Å²) >= 11 is 5.82. The lowest BCUT2D eigenvalue weighted by atomic mass is 10.2. The highest BCUT2D eigenvalue weighted by atomic mass is 35.5. The van der Waals surface area contributed by atoms with Crippen molar-refractivity contribution in [2.75, 3.05) is 11.9 Å². The first-order valence-electron chi connectivity index (χ1n) is 8.95. The summed E-state index contributed by atoms with van der Waals surface area (Å²) in [6, 6.07) is 13.4. The van der Waals surface area contributed by atoms with E-state index in [9.17, 15) is 13.2 Å². The maximum atomic E-state index is 12.2. The van der Waals surface area contributed by atoms with Crippen LogP contribution in [0.4, 0.5) is 5.69 Å². The van der Waals surface area contributed by atoms with Gasteiger partial charge in [0.05, 0.1) is 4.90 Å². The zero-order valence-corrected chi connectivity index (χ0v) is 17.4. The number of amides is 1. The van der Waals surface area contributed by atoms with Crippen molar-refractivity contribution in [3.63, 3.8) is 0 Å². The van der Waals surface area contributed by atoms with Crippen molar-refractivity contribution in [3.8, 4) is 0 Å². The van der Waals surface area contributed by atoms with E-state index in [2.05, 4.69) is 15.0 Å². The lowest BCUT2D eigenvalue weighted by Gasteiger charge is -2.09. The minimum absolute atomic E-state index is 0.00970. The highest BCUT2D eigenvalue weighted by molar-refractivity contribution is 7.89. The Morgan fingerprint density at radius 3 is 2.59 bits per heavy atom. The number of benzene rings is 2. The third kappa shape index (κ3) is 5.90. The fraction of sp³-hybridized carbons (Fsp3) is 0.200. The summed E-state index contributed by atoms with van der Waals surface area (Å²) in [4.78, 5) is 16.3. The molecule has 0 fully saturated rings. The molecule has 2 aromatic carbocycles. The number of rotatable bonds is 8. The fourth-order valence-corrected chi connectivity index (χ4v) is 4.03. The zero-order valence-electron chi connectivity index (χ0n) is 15.8. The molecule has 1 aromatic heterocycles. The molecule has 0 aliphatic heterocycles. The van der Waals surface area contributed by atoms with Crippen LogP contribution in [0.15, 0.2) is 65.8 Å². The molecule has 0 radical (unpaired) electrons. The summed E-state index contributed by atoms with van der Waals surface area (Å²) in [7, 11) is -3.71. The minimum Gasteiger partial charge on any atom is -0.331 e. The first kappa shape index (κ1) is 21.0. The van der Waals surface area contributed by atoms with E-state index in [0.29, 0.717) is 17.3 Å². The molecule has 1 heterocycles. The van der Waals surface area contributed by atoms with E-state index in [1.807, 2.05) is 42.0 Å². The van der Waals surface area contributed by atoms with Crippen LogP contribution in [0, 0.1) is 6.92 Å². The highest BCUT2D eigenvalue weighted by Crippen LogP contribution is 2.15. The Balaban J connectivity index is 1.48. The molecule has 0 bridgehead atoms. The lowest BCUT2D eigenvalue weighted by molar-refractivity contribution is -0.116. The SMILES string of the molecule is Cc1nccn1Cc1ccc(NC(=O)CCNS(=O)(=O)c2cccc(Cl)c2)cc1. The monoisotopic (exact) mass is 432 g/mol. The Bertz CT molecular complexity index is 1090. The van der Waals surface area contributed by atoms with Crippen molar-refractivity contribution in [2.24, 2.45) is 0 Å². The van der Waals surface area contributed by atoms with Gasteiger partial charge in [-0.1, -0.05) is 29.8 Å². The van der Waals surface area contributed by atoms with Gasteiger partial charge in [-0.3, -0.25) is 4.79 Å². The Hall–Kier alpha value is -2.68. The maximum Gasteiger partial charge on any atom is 0.240 e. The van der Waals surface area contributed by atoms with E-state index >= 15 is 0 Å². The third-order valence-electron chi connectivity index (χ3n) is 4.26. The van der Waals surface area contributed by atoms with Crippen LogP contribution in [0.5, 0.6) is 0 Å². The number of aromatic nitrogens is 2. The van der Waals surface area contributed by atoms with Crippen LogP contribution >= 0.6 is 11.6 Å². The van der Waals surface area contributed by atoms with Crippen molar-refractivity contribution in [1.29, 1.82) is 0 Å². The predicted molar refractivity (Wildman–Crippen MR) is 112 cm³/mol. The number of sulfonamides is 1. The van der Waals surface area contributed by atoms with Gasteiger partial charge in [-0.15, -0.1) is 0 Å². The minimum atomic E-state index is -3.71. The van der Waals surface area contributed by atoms with Gasteiger partial charge in [-0.25, -0.2) is 18.1 Å². The van der Waals surface area contributed by atoms with E-state index in [0.717, 1.165) is 11.4 Å². The Labute approximate surface area is 174 Å². The summed E-state index contributed by atoms with van der Waals surface area (Å²) in [6.45, 7) is 2.62. The predicted octanol–water partition coefficient (Wildman–Crippen LogP) is 3.20. The molecule has 7 nitrogen and oxygen atoms in total. The molecule has 9 heteroatoms. The molecule has 3 rings (SSSR count). The van der Waals surface area contributed by atoms with Crippen LogP contribution < -0.4 is 10.0 Å². The molecule has 0 saturated carbocycles. The number of carbonyl (C=O) groups excluding carboxylic acids is 1. The molecule has 2 N–H and O–H groups in total. The molecule has 1 amide bonds. The molecule has 0 saturated heterocycles.